The van der Waals surface area contributed by atoms with E-state index in [0.29, 0.717) is 17.9 Å². The number of pyridine rings is 1. The third kappa shape index (κ3) is 3.90. The molecule has 0 saturated carbocycles. The minimum atomic E-state index is -0.161. The maximum Gasteiger partial charge on any atom is 0.272 e. The Labute approximate surface area is 113 Å². The lowest BCUT2D eigenvalue weighted by Crippen LogP contribution is -2.41. The van der Waals surface area contributed by atoms with E-state index in [0.717, 1.165) is 12.8 Å². The van der Waals surface area contributed by atoms with Crippen molar-refractivity contribution in [2.75, 3.05) is 18.6 Å². The molecule has 1 aromatic heterocycles. The maximum atomic E-state index is 12.4. The smallest absolute Gasteiger partial charge is 0.272 e. The topological polar surface area (TPSA) is 91.5 Å². The van der Waals surface area contributed by atoms with Crippen LogP contribution in [-0.4, -0.2) is 40.1 Å². The molecule has 4 N–H and O–H groups in total. The van der Waals surface area contributed by atoms with E-state index in [1.54, 1.807) is 17.0 Å². The number of aromatic nitrogens is 1. The van der Waals surface area contributed by atoms with Gasteiger partial charge in [0.15, 0.2) is 0 Å². The molecule has 0 radical (unpaired) electrons. The predicted molar refractivity (Wildman–Crippen MR) is 74.5 cm³/mol. The summed E-state index contributed by atoms with van der Waals surface area (Å²) in [5.41, 5.74) is 3.47. The summed E-state index contributed by atoms with van der Waals surface area (Å²) in [6.45, 7) is 4.33. The van der Waals surface area contributed by atoms with Crippen LogP contribution in [0, 0.1) is 0 Å². The first-order valence-corrected chi connectivity index (χ1v) is 6.52. The van der Waals surface area contributed by atoms with Gasteiger partial charge in [-0.1, -0.05) is 13.8 Å². The molecule has 0 bridgehead atoms. The summed E-state index contributed by atoms with van der Waals surface area (Å²) in [5.74, 6) is 5.10. The molecular formula is C13H22N4O2. The number of anilines is 1. The molecule has 0 atom stereocenters. The largest absolute Gasteiger partial charge is 0.395 e. The van der Waals surface area contributed by atoms with Gasteiger partial charge < -0.3 is 15.4 Å². The molecule has 0 fully saturated rings. The molecular weight excluding hydrogens is 244 g/mol. The van der Waals surface area contributed by atoms with Gasteiger partial charge in [0, 0.05) is 12.6 Å². The van der Waals surface area contributed by atoms with E-state index < -0.39 is 0 Å². The van der Waals surface area contributed by atoms with Crippen LogP contribution in [0.15, 0.2) is 18.3 Å². The van der Waals surface area contributed by atoms with Crippen LogP contribution in [0.5, 0.6) is 0 Å². The Balaban J connectivity index is 2.91. The molecule has 19 heavy (non-hydrogen) atoms. The lowest BCUT2D eigenvalue weighted by molar-refractivity contribution is 0.0616. The van der Waals surface area contributed by atoms with Crippen LogP contribution in [0.2, 0.25) is 0 Å². The zero-order chi connectivity index (χ0) is 14.3. The van der Waals surface area contributed by atoms with E-state index in [2.05, 4.69) is 10.4 Å². The number of aliphatic hydroxyl groups is 1. The summed E-state index contributed by atoms with van der Waals surface area (Å²) < 4.78 is 0. The number of nitrogens with two attached hydrogens (primary N) is 1. The van der Waals surface area contributed by atoms with Gasteiger partial charge in [-0.3, -0.25) is 10.6 Å². The van der Waals surface area contributed by atoms with Crippen LogP contribution < -0.4 is 11.3 Å². The van der Waals surface area contributed by atoms with Crippen molar-refractivity contribution < 1.29 is 9.90 Å². The fourth-order valence-corrected chi connectivity index (χ4v) is 2.04. The van der Waals surface area contributed by atoms with Gasteiger partial charge in [0.05, 0.1) is 18.5 Å². The number of nitrogens with zero attached hydrogens (tertiary/aromatic N) is 2. The number of hydrogen-bond acceptors (Lipinski definition) is 5. The average molecular weight is 266 g/mol. The predicted octanol–water partition coefficient (Wildman–Crippen LogP) is 0.990. The van der Waals surface area contributed by atoms with Crippen LogP contribution >= 0.6 is 0 Å². The summed E-state index contributed by atoms with van der Waals surface area (Å²) in [4.78, 5) is 18.2. The molecule has 0 spiro atoms. The standard InChI is InChI=1S/C13H22N4O2/c1-3-11(4-2)17(7-8-18)13(19)12-6-5-10(16-14)9-15-12/h5-6,9,11,16,18H,3-4,7-8,14H2,1-2H3. The van der Waals surface area contributed by atoms with E-state index in [1.807, 2.05) is 13.8 Å². The molecule has 1 aromatic rings. The molecule has 106 valence electrons. The van der Waals surface area contributed by atoms with Crippen molar-refractivity contribution in [2.45, 2.75) is 32.7 Å². The average Bonchev–Trinajstić information content (AvgIpc) is 2.47. The van der Waals surface area contributed by atoms with Crippen molar-refractivity contribution >= 4 is 11.6 Å². The molecule has 0 saturated heterocycles. The molecule has 0 aliphatic heterocycles. The molecule has 0 aliphatic carbocycles. The summed E-state index contributed by atoms with van der Waals surface area (Å²) in [6, 6.07) is 3.45. The molecule has 1 amide bonds. The molecule has 1 heterocycles. The van der Waals surface area contributed by atoms with E-state index in [9.17, 15) is 4.79 Å². The van der Waals surface area contributed by atoms with Gasteiger partial charge in [-0.15, -0.1) is 0 Å². The highest BCUT2D eigenvalue weighted by Crippen LogP contribution is 2.13. The van der Waals surface area contributed by atoms with Gasteiger partial charge in [-0.25, -0.2) is 4.98 Å². The lowest BCUT2D eigenvalue weighted by atomic mass is 10.1. The number of hydrazine groups is 1. The summed E-state index contributed by atoms with van der Waals surface area (Å²) in [5, 5.41) is 9.11. The normalized spacial score (nSPS) is 10.6. The minimum absolute atomic E-state index is 0.0509. The molecule has 1 rings (SSSR count). The highest BCUT2D eigenvalue weighted by molar-refractivity contribution is 5.92. The summed E-state index contributed by atoms with van der Waals surface area (Å²) in [6.07, 6.45) is 3.21. The number of aliphatic hydroxyl groups excluding tert-OH is 1. The zero-order valence-corrected chi connectivity index (χ0v) is 11.5. The second-order valence-electron chi connectivity index (χ2n) is 4.27. The van der Waals surface area contributed by atoms with Gasteiger partial charge in [0.25, 0.3) is 5.91 Å². The van der Waals surface area contributed by atoms with Crippen molar-refractivity contribution in [3.63, 3.8) is 0 Å². The van der Waals surface area contributed by atoms with Crippen LogP contribution in [0.25, 0.3) is 0 Å². The van der Waals surface area contributed by atoms with Gasteiger partial charge in [-0.2, -0.15) is 0 Å². The number of carbonyl (C=O) groups is 1. The molecule has 0 aliphatic rings. The number of amides is 1. The number of nitrogens with one attached hydrogen (secondary N) is 1. The number of hydrogen-bond donors (Lipinski definition) is 3. The third-order valence-electron chi connectivity index (χ3n) is 3.13. The van der Waals surface area contributed by atoms with E-state index in [1.165, 1.54) is 6.20 Å². The maximum absolute atomic E-state index is 12.4. The Hall–Kier alpha value is -1.66. The Morgan fingerprint density at radius 2 is 2.16 bits per heavy atom. The first-order valence-electron chi connectivity index (χ1n) is 6.52. The third-order valence-corrected chi connectivity index (χ3v) is 3.13. The number of rotatable bonds is 7. The van der Waals surface area contributed by atoms with Gasteiger partial charge in [-0.05, 0) is 25.0 Å². The van der Waals surface area contributed by atoms with Crippen LogP contribution in [0.1, 0.15) is 37.2 Å². The van der Waals surface area contributed by atoms with Crippen molar-refractivity contribution in [2.24, 2.45) is 5.84 Å². The van der Waals surface area contributed by atoms with Crippen molar-refractivity contribution in [1.29, 1.82) is 0 Å². The Morgan fingerprint density at radius 1 is 1.47 bits per heavy atom. The minimum Gasteiger partial charge on any atom is -0.395 e. The van der Waals surface area contributed by atoms with E-state index in [-0.39, 0.29) is 18.6 Å². The highest BCUT2D eigenvalue weighted by Gasteiger charge is 2.22. The quantitative estimate of drug-likeness (QED) is 0.505. The summed E-state index contributed by atoms with van der Waals surface area (Å²) >= 11 is 0. The second kappa shape index (κ2) is 7.70. The number of nitrogen functional groups attached to an aromatic ring is 1. The second-order valence-corrected chi connectivity index (χ2v) is 4.27. The zero-order valence-electron chi connectivity index (χ0n) is 11.5. The summed E-state index contributed by atoms with van der Waals surface area (Å²) in [7, 11) is 0. The molecule has 6 heteroatoms. The first-order chi connectivity index (χ1) is 9.17. The fourth-order valence-electron chi connectivity index (χ4n) is 2.04. The van der Waals surface area contributed by atoms with Crippen molar-refractivity contribution in [1.82, 2.24) is 9.88 Å². The lowest BCUT2D eigenvalue weighted by Gasteiger charge is -2.29. The Bertz CT molecular complexity index is 390. The van der Waals surface area contributed by atoms with Crippen LogP contribution in [0.3, 0.4) is 0 Å². The van der Waals surface area contributed by atoms with E-state index >= 15 is 0 Å². The first kappa shape index (κ1) is 15.4. The van der Waals surface area contributed by atoms with Crippen LogP contribution in [-0.2, 0) is 0 Å². The Morgan fingerprint density at radius 3 is 2.58 bits per heavy atom. The van der Waals surface area contributed by atoms with Gasteiger partial charge in [0.2, 0.25) is 0 Å². The SMILES string of the molecule is CCC(CC)N(CCO)C(=O)c1ccc(NN)cn1. The molecule has 0 unspecified atom stereocenters. The van der Waals surface area contributed by atoms with Gasteiger partial charge in [0.1, 0.15) is 5.69 Å². The van der Waals surface area contributed by atoms with Crippen molar-refractivity contribution in [3.8, 4) is 0 Å². The van der Waals surface area contributed by atoms with Crippen molar-refractivity contribution in [3.05, 3.63) is 24.0 Å². The van der Waals surface area contributed by atoms with Crippen LogP contribution in [0.4, 0.5) is 5.69 Å². The van der Waals surface area contributed by atoms with Gasteiger partial charge >= 0.3 is 0 Å². The Kier molecular flexibility index (Phi) is 6.24. The molecule has 6 nitrogen and oxygen atoms in total. The number of carbonyl (C=O) groups excluding carboxylic acids is 1. The monoisotopic (exact) mass is 266 g/mol. The van der Waals surface area contributed by atoms with E-state index in [4.69, 9.17) is 10.9 Å². The fraction of sp³-hybridized carbons (Fsp3) is 0.538. The highest BCUT2D eigenvalue weighted by atomic mass is 16.3. The molecule has 0 aromatic carbocycles.